The molecular formula is C17H28IN7O2. The van der Waals surface area contributed by atoms with Crippen molar-refractivity contribution in [1.29, 1.82) is 0 Å². The fourth-order valence-electron chi connectivity index (χ4n) is 3.77. The number of hydrogen-bond acceptors (Lipinski definition) is 4. The van der Waals surface area contributed by atoms with Crippen LogP contribution in [0.5, 0.6) is 0 Å². The Morgan fingerprint density at radius 2 is 2.11 bits per heavy atom. The van der Waals surface area contributed by atoms with Crippen LogP contribution in [0, 0.1) is 12.8 Å². The quantitative estimate of drug-likeness (QED) is 0.250. The number of amides is 3. The molecule has 0 saturated carbocycles. The molecule has 150 valence electrons. The summed E-state index contributed by atoms with van der Waals surface area (Å²) in [5, 5.41) is 8.53. The van der Waals surface area contributed by atoms with E-state index in [9.17, 15) is 9.59 Å². The Morgan fingerprint density at radius 1 is 1.41 bits per heavy atom. The topological polar surface area (TPSA) is 104 Å². The van der Waals surface area contributed by atoms with Gasteiger partial charge in [0.1, 0.15) is 11.4 Å². The van der Waals surface area contributed by atoms with Gasteiger partial charge in [0.25, 0.3) is 5.91 Å². The Hall–Kier alpha value is -1.85. The fourth-order valence-corrected chi connectivity index (χ4v) is 3.77. The van der Waals surface area contributed by atoms with Gasteiger partial charge in [-0.2, -0.15) is 0 Å². The number of guanidine groups is 1. The Morgan fingerprint density at radius 3 is 2.63 bits per heavy atom. The molecule has 2 fully saturated rings. The van der Waals surface area contributed by atoms with Crippen molar-refractivity contribution in [2.45, 2.75) is 38.8 Å². The van der Waals surface area contributed by atoms with Gasteiger partial charge in [0, 0.05) is 45.6 Å². The van der Waals surface area contributed by atoms with Crippen molar-refractivity contribution in [3.63, 3.8) is 0 Å². The van der Waals surface area contributed by atoms with E-state index in [4.69, 9.17) is 0 Å². The van der Waals surface area contributed by atoms with E-state index < -0.39 is 11.6 Å². The van der Waals surface area contributed by atoms with Crippen LogP contribution in [0.2, 0.25) is 0 Å². The van der Waals surface area contributed by atoms with E-state index in [1.807, 2.05) is 20.0 Å². The first-order valence-corrected chi connectivity index (χ1v) is 9.01. The maximum absolute atomic E-state index is 12.1. The third-order valence-electron chi connectivity index (χ3n) is 5.45. The van der Waals surface area contributed by atoms with Gasteiger partial charge in [0.15, 0.2) is 5.96 Å². The van der Waals surface area contributed by atoms with Gasteiger partial charge in [-0.1, -0.05) is 0 Å². The summed E-state index contributed by atoms with van der Waals surface area (Å²) in [5.74, 6) is 1.76. The minimum Gasteiger partial charge on any atom is -0.354 e. The molecular weight excluding hydrogens is 461 g/mol. The normalized spacial score (nSPS) is 23.7. The molecule has 3 heterocycles. The van der Waals surface area contributed by atoms with Gasteiger partial charge in [-0.3, -0.25) is 15.1 Å². The molecule has 1 atom stereocenters. The van der Waals surface area contributed by atoms with E-state index >= 15 is 0 Å². The van der Waals surface area contributed by atoms with Crippen LogP contribution in [0.15, 0.2) is 17.4 Å². The number of halogens is 1. The average molecular weight is 489 g/mol. The van der Waals surface area contributed by atoms with Crippen LogP contribution in [-0.2, 0) is 11.3 Å². The number of carbonyl (C=O) groups is 2. The number of urea groups is 1. The van der Waals surface area contributed by atoms with Gasteiger partial charge in [-0.05, 0) is 32.6 Å². The van der Waals surface area contributed by atoms with Crippen LogP contribution in [0.4, 0.5) is 4.79 Å². The van der Waals surface area contributed by atoms with Crippen molar-refractivity contribution in [3.8, 4) is 0 Å². The van der Waals surface area contributed by atoms with Crippen molar-refractivity contribution >= 4 is 41.9 Å². The second-order valence-corrected chi connectivity index (χ2v) is 7.01. The van der Waals surface area contributed by atoms with Crippen LogP contribution < -0.4 is 16.0 Å². The van der Waals surface area contributed by atoms with E-state index in [2.05, 4.69) is 35.4 Å². The average Bonchev–Trinajstić information content (AvgIpc) is 3.15. The zero-order chi connectivity index (χ0) is 18.7. The van der Waals surface area contributed by atoms with Crippen LogP contribution in [0.25, 0.3) is 0 Å². The first-order chi connectivity index (χ1) is 12.4. The Kier molecular flexibility index (Phi) is 7.06. The number of imidazole rings is 1. The summed E-state index contributed by atoms with van der Waals surface area (Å²) in [6.07, 6.45) is 5.41. The smallest absolute Gasteiger partial charge is 0.322 e. The molecule has 1 aromatic heterocycles. The predicted octanol–water partition coefficient (Wildman–Crippen LogP) is 0.695. The van der Waals surface area contributed by atoms with Crippen LogP contribution >= 0.6 is 24.0 Å². The van der Waals surface area contributed by atoms with Gasteiger partial charge in [0.2, 0.25) is 0 Å². The summed E-state index contributed by atoms with van der Waals surface area (Å²) in [5.41, 5.74) is -0.806. The Balaban J connectivity index is 0.00000261. The molecule has 0 bridgehead atoms. The maximum Gasteiger partial charge on any atom is 0.322 e. The predicted molar refractivity (Wildman–Crippen MR) is 113 cm³/mol. The zero-order valence-corrected chi connectivity index (χ0v) is 18.3. The molecule has 3 rings (SSSR count). The zero-order valence-electron chi connectivity index (χ0n) is 16.0. The highest BCUT2D eigenvalue weighted by molar-refractivity contribution is 14.0. The van der Waals surface area contributed by atoms with Crippen molar-refractivity contribution in [2.75, 3.05) is 26.7 Å². The number of piperidine rings is 1. The number of rotatable bonds is 4. The number of likely N-dealkylation sites (tertiary alicyclic amines) is 1. The summed E-state index contributed by atoms with van der Waals surface area (Å²) in [6.45, 7) is 6.98. The molecule has 2 saturated heterocycles. The van der Waals surface area contributed by atoms with Gasteiger partial charge in [-0.25, -0.2) is 9.78 Å². The fraction of sp³-hybridized carbons (Fsp3) is 0.647. The number of nitrogens with zero attached hydrogens (tertiary/aromatic N) is 4. The molecule has 10 heteroatoms. The van der Waals surface area contributed by atoms with Crippen LogP contribution in [0.3, 0.4) is 0 Å². The first-order valence-electron chi connectivity index (χ1n) is 9.01. The lowest BCUT2D eigenvalue weighted by Gasteiger charge is -2.39. The maximum atomic E-state index is 12.1. The summed E-state index contributed by atoms with van der Waals surface area (Å²) in [6, 6.07) is -0.396. The largest absolute Gasteiger partial charge is 0.354 e. The summed E-state index contributed by atoms with van der Waals surface area (Å²) in [4.78, 5) is 34.4. The van der Waals surface area contributed by atoms with E-state index in [0.29, 0.717) is 0 Å². The molecule has 0 radical (unpaired) electrons. The molecule has 0 aliphatic carbocycles. The highest BCUT2D eigenvalue weighted by Crippen LogP contribution is 2.30. The summed E-state index contributed by atoms with van der Waals surface area (Å²) in [7, 11) is 1.78. The first kappa shape index (κ1) is 21.5. The Labute approximate surface area is 176 Å². The number of imide groups is 1. The van der Waals surface area contributed by atoms with Crippen molar-refractivity contribution < 1.29 is 9.59 Å². The van der Waals surface area contributed by atoms with E-state index in [1.165, 1.54) is 0 Å². The van der Waals surface area contributed by atoms with Gasteiger partial charge in [0.05, 0.1) is 0 Å². The third kappa shape index (κ3) is 4.53. The molecule has 2 aliphatic heterocycles. The van der Waals surface area contributed by atoms with Crippen LogP contribution in [0.1, 0.15) is 25.6 Å². The highest BCUT2D eigenvalue weighted by Gasteiger charge is 2.48. The van der Waals surface area contributed by atoms with E-state index in [0.717, 1.165) is 50.8 Å². The number of carbonyl (C=O) groups excluding carboxylic acids is 2. The van der Waals surface area contributed by atoms with Crippen molar-refractivity contribution in [2.24, 2.45) is 10.9 Å². The standard InChI is InChI=1S/C17H27N7O2.HI/c1-12-19-6-10-23(12)11-7-20-15(18-3)24-8-4-13(5-9-24)17(2)14(25)21-16(26)22-17;/h6,10,13H,4-5,7-9,11H2,1-3H3,(H,18,20)(H2,21,22,25,26);1H. The molecule has 1 aromatic rings. The van der Waals surface area contributed by atoms with Crippen molar-refractivity contribution in [1.82, 2.24) is 30.4 Å². The van der Waals surface area contributed by atoms with Crippen molar-refractivity contribution in [3.05, 3.63) is 18.2 Å². The Bertz CT molecular complexity index is 712. The number of aliphatic imine (C=N–C) groups is 1. The summed E-state index contributed by atoms with van der Waals surface area (Å²) >= 11 is 0. The minimum atomic E-state index is -0.806. The van der Waals surface area contributed by atoms with Gasteiger partial charge < -0.3 is 20.1 Å². The summed E-state index contributed by atoms with van der Waals surface area (Å²) < 4.78 is 2.09. The van der Waals surface area contributed by atoms with E-state index in [-0.39, 0.29) is 35.8 Å². The number of aromatic nitrogens is 2. The number of nitrogens with one attached hydrogen (secondary N) is 3. The lowest BCUT2D eigenvalue weighted by Crippen LogP contribution is -2.55. The molecule has 0 spiro atoms. The van der Waals surface area contributed by atoms with Gasteiger partial charge in [-0.15, -0.1) is 24.0 Å². The molecule has 3 amide bonds. The molecule has 9 nitrogen and oxygen atoms in total. The lowest BCUT2D eigenvalue weighted by molar-refractivity contribution is -0.125. The highest BCUT2D eigenvalue weighted by atomic mass is 127. The minimum absolute atomic E-state index is 0. The molecule has 1 unspecified atom stereocenters. The second kappa shape index (κ2) is 8.89. The number of hydrogen-bond donors (Lipinski definition) is 3. The van der Waals surface area contributed by atoms with Crippen LogP contribution in [-0.4, -0.2) is 64.6 Å². The monoisotopic (exact) mass is 489 g/mol. The molecule has 0 aromatic carbocycles. The third-order valence-corrected chi connectivity index (χ3v) is 5.45. The number of aryl methyl sites for hydroxylation is 1. The lowest BCUT2D eigenvalue weighted by atomic mass is 9.79. The molecule has 27 heavy (non-hydrogen) atoms. The molecule has 3 N–H and O–H groups in total. The SMILES string of the molecule is CN=C(NCCn1ccnc1C)N1CCC(C2(C)NC(=O)NC2=O)CC1.I. The van der Waals surface area contributed by atoms with Gasteiger partial charge >= 0.3 is 6.03 Å². The van der Waals surface area contributed by atoms with E-state index in [1.54, 1.807) is 13.2 Å². The second-order valence-electron chi connectivity index (χ2n) is 7.01. The molecule has 2 aliphatic rings.